The molecule has 0 spiro atoms. The van der Waals surface area contributed by atoms with Crippen LogP contribution in [0.3, 0.4) is 0 Å². The van der Waals surface area contributed by atoms with E-state index in [1.54, 1.807) is 12.1 Å². The van der Waals surface area contributed by atoms with Gasteiger partial charge < -0.3 is 10.6 Å². The Bertz CT molecular complexity index is 609. The SMILES string of the molecule is CCNC(=NCc1ccc(C#N)cc1F)NCC1(C)CCCS1.I. The molecule has 1 unspecified atom stereocenters. The first-order valence-corrected chi connectivity index (χ1v) is 8.89. The standard InChI is InChI=1S/C17H23FN4S.HI/c1-3-20-16(22-12-17(2)7-4-8-23-17)21-11-14-6-5-13(10-19)9-15(14)18;/h5-6,9H,3-4,7-8,11-12H2,1-2H3,(H2,20,21,22);1H. The third-order valence-electron chi connectivity index (χ3n) is 3.86. The maximum Gasteiger partial charge on any atom is 0.191 e. The number of nitrogens with one attached hydrogen (secondary N) is 2. The Kier molecular flexibility index (Phi) is 8.84. The first-order chi connectivity index (χ1) is 11.1. The summed E-state index contributed by atoms with van der Waals surface area (Å²) in [4.78, 5) is 4.45. The number of hydrogen-bond donors (Lipinski definition) is 2. The second-order valence-electron chi connectivity index (χ2n) is 5.87. The van der Waals surface area contributed by atoms with Crippen LogP contribution in [-0.2, 0) is 6.54 Å². The third-order valence-corrected chi connectivity index (χ3v) is 5.40. The fourth-order valence-corrected chi connectivity index (χ4v) is 3.74. The Labute approximate surface area is 164 Å². The number of hydrogen-bond acceptors (Lipinski definition) is 3. The molecule has 0 amide bonds. The van der Waals surface area contributed by atoms with Gasteiger partial charge in [0.15, 0.2) is 5.96 Å². The average molecular weight is 462 g/mol. The normalized spacial score (nSPS) is 20.2. The van der Waals surface area contributed by atoms with Crippen molar-refractivity contribution in [2.75, 3.05) is 18.8 Å². The van der Waals surface area contributed by atoms with Gasteiger partial charge in [-0.3, -0.25) is 0 Å². The van der Waals surface area contributed by atoms with E-state index in [0.29, 0.717) is 17.1 Å². The minimum absolute atomic E-state index is 0. The highest BCUT2D eigenvalue weighted by atomic mass is 127. The van der Waals surface area contributed by atoms with Gasteiger partial charge in [-0.15, -0.1) is 24.0 Å². The van der Waals surface area contributed by atoms with Gasteiger partial charge in [-0.2, -0.15) is 17.0 Å². The summed E-state index contributed by atoms with van der Waals surface area (Å²) < 4.78 is 14.1. The number of guanidine groups is 1. The Morgan fingerprint density at radius 3 is 2.83 bits per heavy atom. The van der Waals surface area contributed by atoms with E-state index in [1.165, 1.54) is 24.7 Å². The first-order valence-electron chi connectivity index (χ1n) is 7.91. The molecule has 2 N–H and O–H groups in total. The topological polar surface area (TPSA) is 60.2 Å². The second kappa shape index (κ2) is 10.1. The molecule has 0 aliphatic carbocycles. The number of rotatable bonds is 5. The van der Waals surface area contributed by atoms with E-state index in [9.17, 15) is 4.39 Å². The molecule has 0 aromatic heterocycles. The lowest BCUT2D eigenvalue weighted by molar-refractivity contribution is 0.583. The highest BCUT2D eigenvalue weighted by molar-refractivity contribution is 14.0. The number of halogens is 2. The Morgan fingerprint density at radius 1 is 1.46 bits per heavy atom. The predicted octanol–water partition coefficient (Wildman–Crippen LogP) is 3.66. The maximum absolute atomic E-state index is 13.9. The van der Waals surface area contributed by atoms with Crippen molar-refractivity contribution in [1.82, 2.24) is 10.6 Å². The van der Waals surface area contributed by atoms with Crippen LogP contribution in [0.25, 0.3) is 0 Å². The second-order valence-corrected chi connectivity index (χ2v) is 7.55. The summed E-state index contributed by atoms with van der Waals surface area (Å²) in [5.74, 6) is 1.52. The van der Waals surface area contributed by atoms with E-state index in [0.717, 1.165) is 13.1 Å². The smallest absolute Gasteiger partial charge is 0.191 e. The lowest BCUT2D eigenvalue weighted by Crippen LogP contribution is -2.43. The molecule has 1 aromatic carbocycles. The summed E-state index contributed by atoms with van der Waals surface area (Å²) in [6, 6.07) is 6.42. The van der Waals surface area contributed by atoms with Crippen LogP contribution >= 0.6 is 35.7 Å². The van der Waals surface area contributed by atoms with Gasteiger partial charge in [0, 0.05) is 23.4 Å². The summed E-state index contributed by atoms with van der Waals surface area (Å²) >= 11 is 1.99. The molecule has 1 heterocycles. The third kappa shape index (κ3) is 6.13. The van der Waals surface area contributed by atoms with Crippen molar-refractivity contribution >= 4 is 41.7 Å². The van der Waals surface area contributed by atoms with Crippen LogP contribution in [0.1, 0.15) is 37.8 Å². The number of benzene rings is 1. The Balaban J connectivity index is 0.00000288. The van der Waals surface area contributed by atoms with Crippen molar-refractivity contribution in [3.63, 3.8) is 0 Å². The summed E-state index contributed by atoms with van der Waals surface area (Å²) in [6.45, 7) is 6.12. The number of nitriles is 1. The predicted molar refractivity (Wildman–Crippen MR) is 109 cm³/mol. The lowest BCUT2D eigenvalue weighted by Gasteiger charge is -2.24. The molecule has 132 valence electrons. The molecule has 0 bridgehead atoms. The molecule has 1 saturated heterocycles. The van der Waals surface area contributed by atoms with Crippen LogP contribution in [0.5, 0.6) is 0 Å². The highest BCUT2D eigenvalue weighted by Crippen LogP contribution is 2.36. The van der Waals surface area contributed by atoms with Gasteiger partial charge in [-0.1, -0.05) is 6.07 Å². The van der Waals surface area contributed by atoms with Gasteiger partial charge in [-0.25, -0.2) is 9.38 Å². The molecule has 4 nitrogen and oxygen atoms in total. The zero-order valence-electron chi connectivity index (χ0n) is 14.1. The molecule has 24 heavy (non-hydrogen) atoms. The molecular formula is C17H24FIN4S. The number of thioether (sulfide) groups is 1. The largest absolute Gasteiger partial charge is 0.357 e. The monoisotopic (exact) mass is 462 g/mol. The van der Waals surface area contributed by atoms with Crippen LogP contribution < -0.4 is 10.6 Å². The zero-order valence-corrected chi connectivity index (χ0v) is 17.2. The fraction of sp³-hybridized carbons (Fsp3) is 0.529. The number of aliphatic imine (C=N–C) groups is 1. The summed E-state index contributed by atoms with van der Waals surface area (Å²) in [5, 5.41) is 15.3. The molecule has 7 heteroatoms. The van der Waals surface area contributed by atoms with Gasteiger partial charge in [0.25, 0.3) is 0 Å². The van der Waals surface area contributed by atoms with E-state index in [-0.39, 0.29) is 41.1 Å². The van der Waals surface area contributed by atoms with Gasteiger partial charge in [0.05, 0.1) is 18.2 Å². The molecule has 0 saturated carbocycles. The van der Waals surface area contributed by atoms with Gasteiger partial charge >= 0.3 is 0 Å². The zero-order chi connectivity index (χ0) is 16.7. The van der Waals surface area contributed by atoms with Crippen molar-refractivity contribution in [2.45, 2.75) is 38.0 Å². The van der Waals surface area contributed by atoms with Gasteiger partial charge in [0.1, 0.15) is 5.82 Å². The Hall–Kier alpha value is -1.01. The quantitative estimate of drug-likeness (QED) is 0.399. The molecule has 1 aromatic rings. The van der Waals surface area contributed by atoms with E-state index in [4.69, 9.17) is 5.26 Å². The van der Waals surface area contributed by atoms with Crippen molar-refractivity contribution < 1.29 is 4.39 Å². The van der Waals surface area contributed by atoms with E-state index in [2.05, 4.69) is 22.5 Å². The molecular weight excluding hydrogens is 438 g/mol. The minimum Gasteiger partial charge on any atom is -0.357 e. The summed E-state index contributed by atoms with van der Waals surface area (Å²) in [7, 11) is 0. The lowest BCUT2D eigenvalue weighted by atomic mass is 10.1. The van der Waals surface area contributed by atoms with E-state index >= 15 is 0 Å². The van der Waals surface area contributed by atoms with Crippen molar-refractivity contribution in [3.05, 3.63) is 35.1 Å². The van der Waals surface area contributed by atoms with Crippen LogP contribution in [0.15, 0.2) is 23.2 Å². The molecule has 2 rings (SSSR count). The van der Waals surface area contributed by atoms with E-state index in [1.807, 2.05) is 24.8 Å². The van der Waals surface area contributed by atoms with Crippen LogP contribution in [0.4, 0.5) is 4.39 Å². The van der Waals surface area contributed by atoms with Crippen LogP contribution in [-0.4, -0.2) is 29.5 Å². The van der Waals surface area contributed by atoms with Crippen LogP contribution in [0, 0.1) is 17.1 Å². The van der Waals surface area contributed by atoms with Gasteiger partial charge in [-0.05, 0) is 44.6 Å². The molecule has 1 aliphatic rings. The fourth-order valence-electron chi connectivity index (χ4n) is 2.50. The van der Waals surface area contributed by atoms with Crippen LogP contribution in [0.2, 0.25) is 0 Å². The van der Waals surface area contributed by atoms with Crippen molar-refractivity contribution in [3.8, 4) is 6.07 Å². The Morgan fingerprint density at radius 2 is 2.25 bits per heavy atom. The molecule has 1 atom stereocenters. The van der Waals surface area contributed by atoms with Crippen molar-refractivity contribution in [2.24, 2.45) is 4.99 Å². The maximum atomic E-state index is 13.9. The summed E-state index contributed by atoms with van der Waals surface area (Å²) in [5.41, 5.74) is 0.814. The highest BCUT2D eigenvalue weighted by Gasteiger charge is 2.29. The summed E-state index contributed by atoms with van der Waals surface area (Å²) in [6.07, 6.45) is 2.46. The number of nitrogens with zero attached hydrogens (tertiary/aromatic N) is 2. The molecule has 1 fully saturated rings. The van der Waals surface area contributed by atoms with Gasteiger partial charge in [0.2, 0.25) is 0 Å². The first kappa shape index (κ1) is 21.0. The van der Waals surface area contributed by atoms with E-state index < -0.39 is 0 Å². The average Bonchev–Trinajstić information content (AvgIpc) is 2.98. The minimum atomic E-state index is -0.387. The molecule has 1 aliphatic heterocycles. The van der Waals surface area contributed by atoms with Crippen molar-refractivity contribution in [1.29, 1.82) is 5.26 Å². The molecule has 0 radical (unpaired) electrons.